The molecule has 0 heterocycles. The van der Waals surface area contributed by atoms with Crippen LogP contribution in [0.2, 0.25) is 0 Å². The van der Waals surface area contributed by atoms with Crippen molar-refractivity contribution in [2.75, 3.05) is 0 Å². The zero-order valence-corrected chi connectivity index (χ0v) is 36.0. The van der Waals surface area contributed by atoms with Gasteiger partial charge in [-0.25, -0.2) is 0 Å². The maximum atomic E-state index is 10.4. The molecule has 284 valence electrons. The van der Waals surface area contributed by atoms with Crippen molar-refractivity contribution >= 4 is 51.2 Å². The number of aromatic carboxylic acids is 4. The summed E-state index contributed by atoms with van der Waals surface area (Å²) in [4.78, 5) is 41.8. The molecule has 8 nitrogen and oxygen atoms in total. The fourth-order valence-corrected chi connectivity index (χ4v) is 4.73. The summed E-state index contributed by atoms with van der Waals surface area (Å²) in [6.45, 7) is 16.9. The van der Waals surface area contributed by atoms with Crippen LogP contribution in [0.1, 0.15) is 168 Å². The molecule has 0 bridgehead atoms. The molecular weight excluding hydrogens is 864 g/mol. The standard InChI is InChI=1S/4C11H14O2.Pb/c4*1-3-8(2)9-4-6-10(7-5-9)11(12)13;/h4*4-8H,3H2,1-2H3,(H,12,13);/p-4. The minimum Gasteiger partial charge on any atom is -0.545 e. The molecule has 4 radical (unpaired) electrons. The second kappa shape index (κ2) is 25.6. The van der Waals surface area contributed by atoms with E-state index in [1.807, 2.05) is 48.5 Å². The first-order chi connectivity index (χ1) is 24.6. The summed E-state index contributed by atoms with van der Waals surface area (Å²) < 4.78 is 0. The van der Waals surface area contributed by atoms with Gasteiger partial charge in [-0.1, -0.05) is 152 Å². The van der Waals surface area contributed by atoms with Crippen LogP contribution < -0.4 is 20.4 Å². The van der Waals surface area contributed by atoms with E-state index in [2.05, 4.69) is 55.4 Å². The zero-order valence-electron chi connectivity index (χ0n) is 32.1. The van der Waals surface area contributed by atoms with Gasteiger partial charge in [0.1, 0.15) is 0 Å². The predicted molar refractivity (Wildman–Crippen MR) is 204 cm³/mol. The van der Waals surface area contributed by atoms with Crippen LogP contribution in [0, 0.1) is 0 Å². The summed E-state index contributed by atoms with van der Waals surface area (Å²) >= 11 is 0. The van der Waals surface area contributed by atoms with E-state index in [1.165, 1.54) is 22.3 Å². The van der Waals surface area contributed by atoms with Crippen molar-refractivity contribution in [1.29, 1.82) is 0 Å². The first kappa shape index (κ1) is 48.7. The van der Waals surface area contributed by atoms with Crippen LogP contribution in [0.15, 0.2) is 97.1 Å². The fourth-order valence-electron chi connectivity index (χ4n) is 4.73. The number of carboxylic acids is 4. The van der Waals surface area contributed by atoms with Crippen molar-refractivity contribution in [3.8, 4) is 0 Å². The first-order valence-corrected chi connectivity index (χ1v) is 17.8. The van der Waals surface area contributed by atoms with Crippen LogP contribution in [-0.4, -0.2) is 51.2 Å². The Morgan fingerprint density at radius 3 is 0.585 bits per heavy atom. The third-order valence-corrected chi connectivity index (χ3v) is 9.31. The smallest absolute Gasteiger partial charge is 0.0715 e. The topological polar surface area (TPSA) is 161 Å². The van der Waals surface area contributed by atoms with Crippen molar-refractivity contribution in [2.45, 2.75) is 105 Å². The molecule has 0 spiro atoms. The molecule has 53 heavy (non-hydrogen) atoms. The molecule has 0 N–H and O–H groups in total. The number of carbonyl (C=O) groups excluding carboxylic acids is 4. The molecular formula is C44H52O8Pb-4. The van der Waals surface area contributed by atoms with Crippen molar-refractivity contribution in [3.63, 3.8) is 0 Å². The molecule has 9 heteroatoms. The number of carboxylic acid groups (broad SMARTS) is 4. The quantitative estimate of drug-likeness (QED) is 0.160. The molecule has 0 fully saturated rings. The van der Waals surface area contributed by atoms with Gasteiger partial charge in [-0.2, -0.15) is 0 Å². The molecule has 0 amide bonds. The second-order valence-corrected chi connectivity index (χ2v) is 12.9. The summed E-state index contributed by atoms with van der Waals surface area (Å²) in [6.07, 6.45) is 4.24. The van der Waals surface area contributed by atoms with E-state index >= 15 is 0 Å². The second-order valence-electron chi connectivity index (χ2n) is 12.9. The van der Waals surface area contributed by atoms with Gasteiger partial charge in [-0.15, -0.1) is 0 Å². The molecule has 0 aliphatic rings. The first-order valence-electron chi connectivity index (χ1n) is 17.8. The number of hydrogen-bond donors (Lipinski definition) is 0. The molecule has 4 rings (SSSR count). The zero-order chi connectivity index (χ0) is 39.4. The predicted octanol–water partition coefficient (Wildman–Crippen LogP) is 5.87. The number of hydrogen-bond acceptors (Lipinski definition) is 8. The van der Waals surface area contributed by atoms with Gasteiger partial charge in [0.05, 0.1) is 23.9 Å². The van der Waals surface area contributed by atoms with Gasteiger partial charge < -0.3 is 39.6 Å². The van der Waals surface area contributed by atoms with Crippen LogP contribution in [0.5, 0.6) is 0 Å². The molecule has 4 atom stereocenters. The molecule has 0 aliphatic heterocycles. The van der Waals surface area contributed by atoms with E-state index in [0.717, 1.165) is 25.7 Å². The van der Waals surface area contributed by atoms with Gasteiger partial charge in [-0.05, 0) is 93.9 Å². The number of carbonyl (C=O) groups is 4. The third-order valence-electron chi connectivity index (χ3n) is 9.31. The largest absolute Gasteiger partial charge is 0.545 e. The van der Waals surface area contributed by atoms with E-state index in [9.17, 15) is 39.6 Å². The van der Waals surface area contributed by atoms with Gasteiger partial charge in [0, 0.05) is 27.3 Å². The Morgan fingerprint density at radius 1 is 0.358 bits per heavy atom. The Kier molecular flexibility index (Phi) is 23.5. The Morgan fingerprint density at radius 2 is 0.491 bits per heavy atom. The molecule has 0 aliphatic carbocycles. The maximum Gasteiger partial charge on any atom is 0.0715 e. The van der Waals surface area contributed by atoms with Crippen LogP contribution in [0.25, 0.3) is 0 Å². The van der Waals surface area contributed by atoms with Crippen molar-refractivity contribution in [3.05, 3.63) is 142 Å². The Bertz CT molecular complexity index is 1410. The Labute approximate surface area is 335 Å². The van der Waals surface area contributed by atoms with Gasteiger partial charge >= 0.3 is 0 Å². The monoisotopic (exact) mass is 916 g/mol. The minimum absolute atomic E-state index is 0. The summed E-state index contributed by atoms with van der Waals surface area (Å²) in [5, 5.41) is 41.8. The minimum atomic E-state index is -1.12. The average Bonchev–Trinajstić information content (AvgIpc) is 3.17. The van der Waals surface area contributed by atoms with Crippen molar-refractivity contribution < 1.29 is 39.6 Å². The van der Waals surface area contributed by atoms with Crippen LogP contribution >= 0.6 is 0 Å². The van der Waals surface area contributed by atoms with E-state index in [0.29, 0.717) is 23.7 Å². The van der Waals surface area contributed by atoms with Crippen molar-refractivity contribution in [2.24, 2.45) is 0 Å². The van der Waals surface area contributed by atoms with Crippen LogP contribution in [0.3, 0.4) is 0 Å². The summed E-state index contributed by atoms with van der Waals surface area (Å²) in [6, 6.07) is 27.5. The van der Waals surface area contributed by atoms with E-state index in [-0.39, 0.29) is 49.6 Å². The third kappa shape index (κ3) is 17.4. The molecule has 0 saturated heterocycles. The van der Waals surface area contributed by atoms with Crippen molar-refractivity contribution in [1.82, 2.24) is 0 Å². The molecule has 4 unspecified atom stereocenters. The molecule has 4 aromatic carbocycles. The van der Waals surface area contributed by atoms with E-state index < -0.39 is 23.9 Å². The average molecular weight is 916 g/mol. The fraction of sp³-hybridized carbons (Fsp3) is 0.364. The normalized spacial score (nSPS) is 12.2. The van der Waals surface area contributed by atoms with Gasteiger partial charge in [0.15, 0.2) is 0 Å². The molecule has 4 aromatic rings. The van der Waals surface area contributed by atoms with Gasteiger partial charge in [0.25, 0.3) is 0 Å². The van der Waals surface area contributed by atoms with E-state index in [4.69, 9.17) is 0 Å². The van der Waals surface area contributed by atoms with Gasteiger partial charge in [0.2, 0.25) is 0 Å². The van der Waals surface area contributed by atoms with Gasteiger partial charge in [-0.3, -0.25) is 0 Å². The van der Waals surface area contributed by atoms with Crippen LogP contribution in [0.4, 0.5) is 0 Å². The van der Waals surface area contributed by atoms with Crippen LogP contribution in [-0.2, 0) is 0 Å². The summed E-state index contributed by atoms with van der Waals surface area (Å²) in [5.41, 5.74) is 5.67. The number of benzene rings is 4. The Balaban J connectivity index is 0.000000676. The summed E-state index contributed by atoms with van der Waals surface area (Å²) in [7, 11) is 0. The molecule has 0 saturated carbocycles. The number of rotatable bonds is 12. The SMILES string of the molecule is CCC(C)c1ccc(C(=O)[O-])cc1.CCC(C)c1ccc(C(=O)[O-])cc1.CCC(C)c1ccc(C(=O)[O-])cc1.CCC(C)c1ccc(C(=O)[O-])cc1.[Pb]. The molecule has 0 aromatic heterocycles. The maximum absolute atomic E-state index is 10.4. The Hall–Kier alpha value is -4.32. The summed E-state index contributed by atoms with van der Waals surface area (Å²) in [5.74, 6) is -2.53. The van der Waals surface area contributed by atoms with E-state index in [1.54, 1.807) is 48.5 Å².